The van der Waals surface area contributed by atoms with Gasteiger partial charge < -0.3 is 14.6 Å². The van der Waals surface area contributed by atoms with Crippen molar-refractivity contribution >= 4 is 56.6 Å². The Bertz CT molecular complexity index is 1100. The molecule has 1 aromatic carbocycles. The average Bonchev–Trinajstić information content (AvgIpc) is 2.83. The molecule has 1 aliphatic carbocycles. The molecule has 1 heterocycles. The van der Waals surface area contributed by atoms with Gasteiger partial charge in [-0.25, -0.2) is 8.42 Å². The maximum Gasteiger partial charge on any atom is 1.00 e. The number of nitrogens with one attached hydrogen (secondary N) is 1. The monoisotopic (exact) mass is 495 g/mol. The maximum atomic E-state index is 11.0. The van der Waals surface area contributed by atoms with Gasteiger partial charge in [-0.05, 0) is 31.2 Å². The van der Waals surface area contributed by atoms with E-state index < -0.39 is 26.7 Å². The van der Waals surface area contributed by atoms with Gasteiger partial charge in [-0.15, -0.1) is 0 Å². The molecular weight excluding hydrogens is 480 g/mol. The fraction of sp³-hybridized carbons (Fsp3) is 0.333. The van der Waals surface area contributed by atoms with Crippen molar-refractivity contribution < 1.29 is 47.6 Å². The van der Waals surface area contributed by atoms with Gasteiger partial charge in [-0.2, -0.15) is 17.0 Å². The predicted octanol–water partition coefficient (Wildman–Crippen LogP) is 0.866. The molecule has 154 valence electrons. The number of aliphatic hydroxyl groups is 1. The first-order valence-corrected chi connectivity index (χ1v) is 11.8. The molecule has 0 saturated heterocycles. The molecule has 2 aliphatic rings. The number of halogens is 2. The van der Waals surface area contributed by atoms with Gasteiger partial charge in [0, 0.05) is 34.4 Å². The Morgan fingerprint density at radius 3 is 2.67 bits per heavy atom. The van der Waals surface area contributed by atoms with Crippen molar-refractivity contribution in [1.29, 1.82) is 10.7 Å². The van der Waals surface area contributed by atoms with E-state index in [0.717, 1.165) is 0 Å². The molecule has 2 atom stereocenters. The van der Waals surface area contributed by atoms with Crippen LogP contribution in [0.3, 0.4) is 0 Å². The van der Waals surface area contributed by atoms with Crippen LogP contribution in [0.25, 0.3) is 0 Å². The summed E-state index contributed by atoms with van der Waals surface area (Å²) in [6.07, 6.45) is 1.67. The number of fused-ring (bicyclic) bond motifs is 1. The van der Waals surface area contributed by atoms with E-state index in [-0.39, 0.29) is 63.9 Å². The number of aliphatic hydroxyl groups excluding tert-OH is 1. The van der Waals surface area contributed by atoms with Crippen LogP contribution < -0.4 is 34.5 Å². The summed E-state index contributed by atoms with van der Waals surface area (Å²) in [4.78, 5) is 1.63. The molecular formula is C18H16Cl2N3NaO4S2. The first-order valence-electron chi connectivity index (χ1n) is 8.42. The predicted molar refractivity (Wildman–Crippen MR) is 114 cm³/mol. The van der Waals surface area contributed by atoms with Crippen LogP contribution in [0.15, 0.2) is 41.2 Å². The molecule has 3 rings (SSSR count). The number of thioether (sulfide) groups is 1. The number of anilines is 1. The molecule has 0 amide bonds. The van der Waals surface area contributed by atoms with Gasteiger partial charge >= 0.3 is 29.6 Å². The summed E-state index contributed by atoms with van der Waals surface area (Å²) < 4.78 is 33.0. The summed E-state index contributed by atoms with van der Waals surface area (Å²) in [5, 5.41) is 28.7. The minimum atomic E-state index is -4.38. The zero-order valence-corrected chi connectivity index (χ0v) is 21.3. The largest absolute Gasteiger partial charge is 1.00 e. The van der Waals surface area contributed by atoms with Crippen molar-refractivity contribution in [2.24, 2.45) is 0 Å². The van der Waals surface area contributed by atoms with E-state index in [0.29, 0.717) is 16.3 Å². The molecule has 0 fully saturated rings. The van der Waals surface area contributed by atoms with E-state index in [1.807, 2.05) is 13.0 Å². The molecule has 0 saturated carbocycles. The number of nitriles is 1. The van der Waals surface area contributed by atoms with E-state index in [9.17, 15) is 23.3 Å². The van der Waals surface area contributed by atoms with Crippen molar-refractivity contribution in [3.05, 3.63) is 51.2 Å². The van der Waals surface area contributed by atoms with Gasteiger partial charge in [-0.3, -0.25) is 5.41 Å². The van der Waals surface area contributed by atoms with Crippen molar-refractivity contribution in [1.82, 2.24) is 0 Å². The number of rotatable bonds is 5. The number of benzene rings is 1. The number of hydrogen-bond acceptors (Lipinski definition) is 7. The maximum absolute atomic E-state index is 11.0. The summed E-state index contributed by atoms with van der Waals surface area (Å²) in [7, 11) is -4.38. The summed E-state index contributed by atoms with van der Waals surface area (Å²) in [6.45, 7) is 1.82. The fourth-order valence-electron chi connectivity index (χ4n) is 3.64. The van der Waals surface area contributed by atoms with Gasteiger partial charge in [0.15, 0.2) is 0 Å². The molecule has 0 radical (unpaired) electrons. The summed E-state index contributed by atoms with van der Waals surface area (Å²) >= 11 is 13.4. The zero-order valence-electron chi connectivity index (χ0n) is 16.1. The minimum absolute atomic E-state index is 0. The molecule has 7 nitrogen and oxygen atoms in total. The molecule has 0 bridgehead atoms. The Kier molecular flexibility index (Phi) is 8.03. The van der Waals surface area contributed by atoms with E-state index in [4.69, 9.17) is 28.6 Å². The van der Waals surface area contributed by atoms with Crippen LogP contribution in [0, 0.1) is 16.7 Å². The second kappa shape index (κ2) is 9.43. The van der Waals surface area contributed by atoms with Gasteiger partial charge in [0.2, 0.25) is 0 Å². The van der Waals surface area contributed by atoms with Gasteiger partial charge in [-0.1, -0.05) is 23.2 Å². The normalized spacial score (nSPS) is 23.6. The summed E-state index contributed by atoms with van der Waals surface area (Å²) in [6, 6.07) is 6.88. The van der Waals surface area contributed by atoms with E-state index >= 15 is 0 Å². The fourth-order valence-corrected chi connectivity index (χ4v) is 6.27. The number of hydrogen-bond donors (Lipinski definition) is 2. The smallest absolute Gasteiger partial charge is 0.748 e. The van der Waals surface area contributed by atoms with E-state index in [2.05, 4.69) is 0 Å². The molecule has 30 heavy (non-hydrogen) atoms. The van der Waals surface area contributed by atoms with E-state index in [1.165, 1.54) is 17.8 Å². The minimum Gasteiger partial charge on any atom is -0.748 e. The molecule has 2 N–H and O–H groups in total. The molecule has 0 spiro atoms. The average molecular weight is 496 g/mol. The number of amidine groups is 1. The van der Waals surface area contributed by atoms with Crippen molar-refractivity contribution in [2.45, 2.75) is 24.1 Å². The molecule has 1 aromatic rings. The Labute approximate surface area is 211 Å². The Balaban J connectivity index is 0.00000320. The first kappa shape index (κ1) is 25.6. The van der Waals surface area contributed by atoms with Crippen LogP contribution in [0.1, 0.15) is 13.3 Å². The standard InChI is InChI=1S/C18H17Cl2N3O4S2.Na/c1-18-13(7-11(24)8-16(18)28-4-5-29(25,26)27)12(9-21)17(22)23(18)10-2-3-14(19)15(20)6-10;/h2-3,6-7,16,22,24H,4-5,8H2,1H3,(H,25,26,27);/q;+1/p-1. The van der Waals surface area contributed by atoms with Crippen molar-refractivity contribution in [2.75, 3.05) is 16.4 Å². The topological polar surface area (TPSA) is 128 Å². The van der Waals surface area contributed by atoms with Gasteiger partial charge in [0.1, 0.15) is 17.5 Å². The summed E-state index contributed by atoms with van der Waals surface area (Å²) in [5.74, 6) is -0.562. The third kappa shape index (κ3) is 4.71. The number of allylic oxidation sites excluding steroid dienone is 1. The van der Waals surface area contributed by atoms with Crippen molar-refractivity contribution in [3.8, 4) is 6.07 Å². The molecule has 0 aromatic heterocycles. The Hall–Kier alpha value is -0.700. The van der Waals surface area contributed by atoms with E-state index in [1.54, 1.807) is 23.1 Å². The third-order valence-electron chi connectivity index (χ3n) is 5.00. The van der Waals surface area contributed by atoms with Crippen LogP contribution >= 0.6 is 35.0 Å². The molecule has 2 unspecified atom stereocenters. The molecule has 1 aliphatic heterocycles. The SMILES string of the molecule is CC12C(=C(C#N)C(=N)N1c1ccc(Cl)c(Cl)c1)C=C(O)CC2SCCS(=O)(=O)[O-].[Na+]. The van der Waals surface area contributed by atoms with Crippen molar-refractivity contribution in [3.63, 3.8) is 0 Å². The van der Waals surface area contributed by atoms with Crippen LogP contribution in [-0.4, -0.2) is 46.2 Å². The van der Waals surface area contributed by atoms with Crippen LogP contribution in [0.2, 0.25) is 10.0 Å². The summed E-state index contributed by atoms with van der Waals surface area (Å²) in [5.41, 5.74) is 0.156. The second-order valence-electron chi connectivity index (χ2n) is 6.79. The Morgan fingerprint density at radius 2 is 2.10 bits per heavy atom. The van der Waals surface area contributed by atoms with Crippen LogP contribution in [0.4, 0.5) is 5.69 Å². The number of nitrogens with zero attached hydrogens (tertiary/aromatic N) is 2. The Morgan fingerprint density at radius 1 is 1.43 bits per heavy atom. The first-order chi connectivity index (χ1) is 13.5. The van der Waals surface area contributed by atoms with Gasteiger partial charge in [0.05, 0.1) is 31.5 Å². The zero-order chi connectivity index (χ0) is 21.6. The second-order valence-corrected chi connectivity index (χ2v) is 10.4. The third-order valence-corrected chi connectivity index (χ3v) is 8.17. The van der Waals surface area contributed by atoms with Crippen LogP contribution in [0.5, 0.6) is 0 Å². The quantitative estimate of drug-likeness (QED) is 0.457. The van der Waals surface area contributed by atoms with Gasteiger partial charge in [0.25, 0.3) is 0 Å². The van der Waals surface area contributed by atoms with Crippen LogP contribution in [-0.2, 0) is 10.1 Å². The molecule has 12 heteroatoms.